The minimum Gasteiger partial charge on any atom is -0.276 e. The summed E-state index contributed by atoms with van der Waals surface area (Å²) in [6, 6.07) is 11.8. The zero-order valence-corrected chi connectivity index (χ0v) is 16.8. The SMILES string of the molecule is CCCCn1c(=O)c2ccccc2n2c(SCc3ccc(F)cc3Cl)nnc12. The summed E-state index contributed by atoms with van der Waals surface area (Å²) in [5.74, 6) is 0.685. The summed E-state index contributed by atoms with van der Waals surface area (Å²) < 4.78 is 16.9. The largest absolute Gasteiger partial charge is 0.276 e. The number of hydrogen-bond acceptors (Lipinski definition) is 4. The molecule has 0 N–H and O–H groups in total. The Morgan fingerprint density at radius 1 is 1.18 bits per heavy atom. The van der Waals surface area contributed by atoms with Crippen molar-refractivity contribution >= 4 is 40.0 Å². The summed E-state index contributed by atoms with van der Waals surface area (Å²) in [4.78, 5) is 12.9. The maximum atomic E-state index is 13.3. The number of rotatable bonds is 6. The van der Waals surface area contributed by atoms with Gasteiger partial charge in [0.15, 0.2) is 5.16 Å². The fourth-order valence-corrected chi connectivity index (χ4v) is 4.38. The van der Waals surface area contributed by atoms with Crippen LogP contribution in [0.1, 0.15) is 25.3 Å². The lowest BCUT2D eigenvalue weighted by atomic mass is 10.2. The van der Waals surface area contributed by atoms with Gasteiger partial charge in [-0.2, -0.15) is 0 Å². The van der Waals surface area contributed by atoms with Gasteiger partial charge in [0.2, 0.25) is 5.78 Å². The summed E-state index contributed by atoms with van der Waals surface area (Å²) in [6.07, 6.45) is 1.86. The third-order valence-electron chi connectivity index (χ3n) is 4.59. The van der Waals surface area contributed by atoms with E-state index in [1.807, 2.05) is 28.7 Å². The van der Waals surface area contributed by atoms with E-state index in [2.05, 4.69) is 17.1 Å². The predicted octanol–water partition coefficient (Wildman–Crippen LogP) is 4.93. The molecule has 144 valence electrons. The molecule has 0 aliphatic heterocycles. The average molecular weight is 417 g/mol. The van der Waals surface area contributed by atoms with Crippen molar-refractivity contribution in [3.05, 3.63) is 69.2 Å². The maximum Gasteiger partial charge on any atom is 0.262 e. The average Bonchev–Trinajstić information content (AvgIpc) is 3.11. The molecule has 2 aromatic carbocycles. The summed E-state index contributed by atoms with van der Waals surface area (Å²) in [5.41, 5.74) is 1.53. The van der Waals surface area contributed by atoms with Crippen molar-refractivity contribution in [2.45, 2.75) is 37.2 Å². The van der Waals surface area contributed by atoms with Crippen LogP contribution in [0.25, 0.3) is 16.7 Å². The van der Waals surface area contributed by atoms with Crippen LogP contribution in [0.5, 0.6) is 0 Å². The van der Waals surface area contributed by atoms with E-state index in [4.69, 9.17) is 11.6 Å². The molecule has 5 nitrogen and oxygen atoms in total. The van der Waals surface area contributed by atoms with Gasteiger partial charge >= 0.3 is 0 Å². The summed E-state index contributed by atoms with van der Waals surface area (Å²) in [5, 5.41) is 10.3. The van der Waals surface area contributed by atoms with Crippen molar-refractivity contribution in [1.29, 1.82) is 0 Å². The Kier molecular flexibility index (Phi) is 5.37. The number of para-hydroxylation sites is 1. The number of halogens is 2. The predicted molar refractivity (Wildman–Crippen MR) is 111 cm³/mol. The van der Waals surface area contributed by atoms with Crippen LogP contribution < -0.4 is 5.56 Å². The van der Waals surface area contributed by atoms with Gasteiger partial charge < -0.3 is 0 Å². The Morgan fingerprint density at radius 2 is 2.00 bits per heavy atom. The first-order valence-corrected chi connectivity index (χ1v) is 10.4. The third-order valence-corrected chi connectivity index (χ3v) is 5.91. The Labute approximate surface area is 170 Å². The van der Waals surface area contributed by atoms with Crippen LogP contribution in [0.2, 0.25) is 5.02 Å². The number of aryl methyl sites for hydroxylation is 1. The van der Waals surface area contributed by atoms with Crippen molar-refractivity contribution in [2.75, 3.05) is 0 Å². The number of thioether (sulfide) groups is 1. The highest BCUT2D eigenvalue weighted by atomic mass is 35.5. The zero-order chi connectivity index (χ0) is 19.7. The maximum absolute atomic E-state index is 13.3. The zero-order valence-electron chi connectivity index (χ0n) is 15.2. The molecule has 0 aliphatic rings. The molecule has 0 atom stereocenters. The molecule has 0 unspecified atom stereocenters. The van der Waals surface area contributed by atoms with Gasteiger partial charge in [-0.05, 0) is 36.2 Å². The van der Waals surface area contributed by atoms with E-state index in [0.29, 0.717) is 33.6 Å². The van der Waals surface area contributed by atoms with Crippen molar-refractivity contribution < 1.29 is 4.39 Å². The topological polar surface area (TPSA) is 52.2 Å². The molecular weight excluding hydrogens is 399 g/mol. The highest BCUT2D eigenvalue weighted by Crippen LogP contribution is 2.28. The van der Waals surface area contributed by atoms with Crippen LogP contribution in [0.3, 0.4) is 0 Å². The molecule has 4 aromatic rings. The first-order valence-electron chi connectivity index (χ1n) is 9.03. The summed E-state index contributed by atoms with van der Waals surface area (Å²) >= 11 is 7.59. The lowest BCUT2D eigenvalue weighted by Gasteiger charge is -2.11. The molecule has 0 amide bonds. The van der Waals surface area contributed by atoms with Crippen molar-refractivity contribution in [2.24, 2.45) is 0 Å². The molecular formula is C20H18ClFN4OS. The fourth-order valence-electron chi connectivity index (χ4n) is 3.13. The lowest BCUT2D eigenvalue weighted by molar-refractivity contribution is 0.620. The van der Waals surface area contributed by atoms with E-state index in [1.165, 1.54) is 23.9 Å². The van der Waals surface area contributed by atoms with Gasteiger partial charge in [-0.1, -0.05) is 54.9 Å². The van der Waals surface area contributed by atoms with Gasteiger partial charge in [0.25, 0.3) is 5.56 Å². The molecule has 0 saturated carbocycles. The second kappa shape index (κ2) is 7.93. The molecule has 4 rings (SSSR count). The van der Waals surface area contributed by atoms with Crippen LogP contribution in [0, 0.1) is 5.82 Å². The number of nitrogens with zero attached hydrogens (tertiary/aromatic N) is 4. The van der Waals surface area contributed by atoms with Crippen LogP contribution in [-0.2, 0) is 12.3 Å². The van der Waals surface area contributed by atoms with Gasteiger partial charge in [0.05, 0.1) is 10.9 Å². The van der Waals surface area contributed by atoms with Crippen molar-refractivity contribution in [3.63, 3.8) is 0 Å². The van der Waals surface area contributed by atoms with Crippen LogP contribution in [-0.4, -0.2) is 19.2 Å². The Morgan fingerprint density at radius 3 is 2.79 bits per heavy atom. The number of hydrogen-bond donors (Lipinski definition) is 0. The number of benzene rings is 2. The second-order valence-electron chi connectivity index (χ2n) is 6.47. The molecule has 0 saturated heterocycles. The van der Waals surface area contributed by atoms with Gasteiger partial charge in [0.1, 0.15) is 5.82 Å². The summed E-state index contributed by atoms with van der Waals surface area (Å²) in [7, 11) is 0. The Hall–Kier alpha value is -2.38. The summed E-state index contributed by atoms with van der Waals surface area (Å²) in [6.45, 7) is 2.68. The molecule has 0 aliphatic carbocycles. The number of aromatic nitrogens is 4. The molecule has 0 radical (unpaired) electrons. The molecule has 2 heterocycles. The first-order chi connectivity index (χ1) is 13.6. The first kappa shape index (κ1) is 19.0. The van der Waals surface area contributed by atoms with E-state index >= 15 is 0 Å². The molecule has 0 spiro atoms. The van der Waals surface area contributed by atoms with E-state index < -0.39 is 0 Å². The fraction of sp³-hybridized carbons (Fsp3) is 0.250. The molecule has 2 aromatic heterocycles. The monoisotopic (exact) mass is 416 g/mol. The van der Waals surface area contributed by atoms with E-state index in [-0.39, 0.29) is 11.4 Å². The molecule has 28 heavy (non-hydrogen) atoms. The Balaban J connectivity index is 1.81. The van der Waals surface area contributed by atoms with Crippen LogP contribution in [0.4, 0.5) is 4.39 Å². The normalized spacial score (nSPS) is 11.5. The highest BCUT2D eigenvalue weighted by Gasteiger charge is 2.17. The highest BCUT2D eigenvalue weighted by molar-refractivity contribution is 7.98. The minimum absolute atomic E-state index is 0.0536. The van der Waals surface area contributed by atoms with Gasteiger partial charge in [0, 0.05) is 17.3 Å². The molecule has 8 heteroatoms. The van der Waals surface area contributed by atoms with Crippen LogP contribution in [0.15, 0.2) is 52.4 Å². The molecule has 0 bridgehead atoms. The van der Waals surface area contributed by atoms with Gasteiger partial charge in [-0.3, -0.25) is 13.8 Å². The lowest BCUT2D eigenvalue weighted by Crippen LogP contribution is -2.23. The standard InChI is InChI=1S/C20H18ClFN4OS/c1-2-3-10-25-18(27)15-6-4-5-7-17(15)26-19(25)23-24-20(26)28-12-13-8-9-14(22)11-16(13)21/h4-9,11H,2-3,10,12H2,1H3. The quantitative estimate of drug-likeness (QED) is 0.418. The Bertz CT molecular complexity index is 1220. The smallest absolute Gasteiger partial charge is 0.262 e. The van der Waals surface area contributed by atoms with Crippen LogP contribution >= 0.6 is 23.4 Å². The van der Waals surface area contributed by atoms with Crippen molar-refractivity contribution in [1.82, 2.24) is 19.2 Å². The van der Waals surface area contributed by atoms with E-state index in [9.17, 15) is 9.18 Å². The third kappa shape index (κ3) is 3.40. The minimum atomic E-state index is -0.363. The van der Waals surface area contributed by atoms with E-state index in [0.717, 1.165) is 23.9 Å². The number of unbranched alkanes of at least 4 members (excludes halogenated alkanes) is 1. The van der Waals surface area contributed by atoms with Gasteiger partial charge in [-0.25, -0.2) is 4.39 Å². The van der Waals surface area contributed by atoms with Gasteiger partial charge in [-0.15, -0.1) is 10.2 Å². The van der Waals surface area contributed by atoms with Crippen molar-refractivity contribution in [3.8, 4) is 0 Å². The second-order valence-corrected chi connectivity index (χ2v) is 7.82. The number of fused-ring (bicyclic) bond motifs is 3. The van der Waals surface area contributed by atoms with E-state index in [1.54, 1.807) is 10.6 Å². The molecule has 0 fully saturated rings.